The summed E-state index contributed by atoms with van der Waals surface area (Å²) >= 11 is 0. The maximum Gasteiger partial charge on any atom is 0.168 e. The smallest absolute Gasteiger partial charge is 0.168 e. The third-order valence-corrected chi connectivity index (χ3v) is 2.75. The minimum atomic E-state index is -1.19. The molecule has 0 unspecified atom stereocenters. The highest BCUT2D eigenvalue weighted by atomic mass is 19.2. The van der Waals surface area contributed by atoms with Gasteiger partial charge in [0.15, 0.2) is 17.5 Å². The zero-order chi connectivity index (χ0) is 13.3. The molecule has 0 aliphatic rings. The third-order valence-electron chi connectivity index (χ3n) is 2.75. The van der Waals surface area contributed by atoms with Gasteiger partial charge < -0.3 is 5.32 Å². The van der Waals surface area contributed by atoms with Crippen LogP contribution >= 0.6 is 0 Å². The van der Waals surface area contributed by atoms with Crippen LogP contribution in [-0.2, 0) is 6.42 Å². The van der Waals surface area contributed by atoms with Crippen LogP contribution in [0.5, 0.6) is 0 Å². The van der Waals surface area contributed by atoms with Crippen LogP contribution in [0.2, 0.25) is 0 Å². The van der Waals surface area contributed by atoms with Crippen LogP contribution in [0.15, 0.2) is 12.1 Å². The molecule has 2 rings (SSSR count). The van der Waals surface area contributed by atoms with Gasteiger partial charge in [0.05, 0.1) is 0 Å². The molecule has 0 saturated carbocycles. The summed E-state index contributed by atoms with van der Waals surface area (Å²) in [5.74, 6) is -2.60. The van der Waals surface area contributed by atoms with Crippen molar-refractivity contribution in [2.45, 2.75) is 20.3 Å². The van der Waals surface area contributed by atoms with E-state index in [4.69, 9.17) is 0 Å². The second-order valence-electron chi connectivity index (χ2n) is 3.93. The number of anilines is 1. The fourth-order valence-corrected chi connectivity index (χ4v) is 1.87. The van der Waals surface area contributed by atoms with Crippen LogP contribution < -0.4 is 5.32 Å². The largest absolute Gasteiger partial charge is 0.370 e. The highest BCUT2D eigenvalue weighted by molar-refractivity contribution is 5.83. The van der Waals surface area contributed by atoms with Gasteiger partial charge >= 0.3 is 0 Å². The second-order valence-corrected chi connectivity index (χ2v) is 3.93. The van der Waals surface area contributed by atoms with E-state index in [9.17, 15) is 13.2 Å². The highest BCUT2D eigenvalue weighted by Gasteiger charge is 2.16. The van der Waals surface area contributed by atoms with Crippen molar-refractivity contribution in [1.29, 1.82) is 0 Å². The first-order chi connectivity index (χ1) is 8.58. The van der Waals surface area contributed by atoms with Crippen molar-refractivity contribution in [2.24, 2.45) is 0 Å². The summed E-state index contributed by atoms with van der Waals surface area (Å²) < 4.78 is 40.3. The molecule has 0 fully saturated rings. The Bertz CT molecular complexity index is 597. The molecule has 0 atom stereocenters. The summed E-state index contributed by atoms with van der Waals surface area (Å²) in [5.41, 5.74) is 0.579. The van der Waals surface area contributed by atoms with Gasteiger partial charge in [0.1, 0.15) is 11.3 Å². The summed E-state index contributed by atoms with van der Waals surface area (Å²) in [6.07, 6.45) is 0.600. The fraction of sp³-hybridized carbons (Fsp3) is 0.308. The number of aromatic nitrogens is 1. The minimum Gasteiger partial charge on any atom is -0.370 e. The molecule has 1 aromatic heterocycles. The Kier molecular flexibility index (Phi) is 3.41. The number of pyridine rings is 1. The monoisotopic (exact) mass is 254 g/mol. The Morgan fingerprint density at radius 3 is 2.44 bits per heavy atom. The lowest BCUT2D eigenvalue weighted by Crippen LogP contribution is -2.05. The minimum absolute atomic E-state index is 0.119. The summed E-state index contributed by atoms with van der Waals surface area (Å²) in [6, 6.07) is 1.97. The summed E-state index contributed by atoms with van der Waals surface area (Å²) in [5, 5.41) is 2.87. The number of aryl methyl sites for hydroxylation is 1. The number of hydrogen-bond acceptors (Lipinski definition) is 2. The number of benzene rings is 1. The third kappa shape index (κ3) is 2.00. The van der Waals surface area contributed by atoms with Crippen molar-refractivity contribution < 1.29 is 13.2 Å². The van der Waals surface area contributed by atoms with Gasteiger partial charge in [-0.1, -0.05) is 6.92 Å². The lowest BCUT2D eigenvalue weighted by Gasteiger charge is -2.11. The Labute approximate surface area is 103 Å². The van der Waals surface area contributed by atoms with Gasteiger partial charge in [0, 0.05) is 18.0 Å². The van der Waals surface area contributed by atoms with E-state index in [1.165, 1.54) is 6.07 Å². The van der Waals surface area contributed by atoms with Crippen molar-refractivity contribution in [2.75, 3.05) is 11.9 Å². The molecule has 96 valence electrons. The van der Waals surface area contributed by atoms with E-state index in [2.05, 4.69) is 10.3 Å². The number of fused-ring (bicyclic) bond motifs is 1. The quantitative estimate of drug-likeness (QED) is 0.846. The van der Waals surface area contributed by atoms with Crippen molar-refractivity contribution in [3.8, 4) is 0 Å². The highest BCUT2D eigenvalue weighted by Crippen LogP contribution is 2.26. The summed E-state index contributed by atoms with van der Waals surface area (Å²) in [4.78, 5) is 4.04. The molecule has 1 N–H and O–H groups in total. The van der Waals surface area contributed by atoms with Crippen LogP contribution in [0.3, 0.4) is 0 Å². The lowest BCUT2D eigenvalue weighted by molar-refractivity contribution is 0.505. The van der Waals surface area contributed by atoms with Gasteiger partial charge in [-0.3, -0.25) is 0 Å². The van der Waals surface area contributed by atoms with Gasteiger partial charge in [-0.25, -0.2) is 18.2 Å². The van der Waals surface area contributed by atoms with Crippen molar-refractivity contribution in [3.05, 3.63) is 35.1 Å². The maximum absolute atomic E-state index is 13.6. The lowest BCUT2D eigenvalue weighted by atomic mass is 10.1. The molecule has 2 nitrogen and oxygen atoms in total. The van der Waals surface area contributed by atoms with Crippen LogP contribution in [0.4, 0.5) is 19.0 Å². The van der Waals surface area contributed by atoms with Crippen LogP contribution in [0.1, 0.15) is 19.4 Å². The van der Waals surface area contributed by atoms with Gasteiger partial charge in [-0.05, 0) is 25.0 Å². The topological polar surface area (TPSA) is 24.9 Å². The first-order valence-electron chi connectivity index (χ1n) is 5.79. The molecule has 1 heterocycles. The Balaban J connectivity index is 2.78. The Morgan fingerprint density at radius 2 is 1.83 bits per heavy atom. The van der Waals surface area contributed by atoms with E-state index >= 15 is 0 Å². The van der Waals surface area contributed by atoms with Crippen molar-refractivity contribution in [1.82, 2.24) is 4.98 Å². The summed E-state index contributed by atoms with van der Waals surface area (Å²) in [7, 11) is 0. The van der Waals surface area contributed by atoms with E-state index in [0.29, 0.717) is 24.8 Å². The Morgan fingerprint density at radius 1 is 1.11 bits per heavy atom. The molecular weight excluding hydrogens is 241 g/mol. The van der Waals surface area contributed by atoms with Crippen molar-refractivity contribution in [3.63, 3.8) is 0 Å². The van der Waals surface area contributed by atoms with Gasteiger partial charge in [-0.2, -0.15) is 0 Å². The Hall–Kier alpha value is -1.78. The van der Waals surface area contributed by atoms with Gasteiger partial charge in [-0.15, -0.1) is 0 Å². The average Bonchev–Trinajstić information content (AvgIpc) is 2.36. The molecule has 0 bridgehead atoms. The molecule has 1 aromatic carbocycles. The predicted molar refractivity (Wildman–Crippen MR) is 65.2 cm³/mol. The first kappa shape index (κ1) is 12.7. The molecule has 0 aliphatic heterocycles. The van der Waals surface area contributed by atoms with Crippen LogP contribution in [0.25, 0.3) is 10.9 Å². The first-order valence-corrected chi connectivity index (χ1v) is 5.79. The maximum atomic E-state index is 13.6. The zero-order valence-corrected chi connectivity index (χ0v) is 10.2. The summed E-state index contributed by atoms with van der Waals surface area (Å²) in [6.45, 7) is 4.38. The average molecular weight is 254 g/mol. The van der Waals surface area contributed by atoms with E-state index in [0.717, 1.165) is 5.56 Å². The molecule has 5 heteroatoms. The molecule has 0 aliphatic carbocycles. The van der Waals surface area contributed by atoms with Crippen molar-refractivity contribution >= 4 is 16.7 Å². The second kappa shape index (κ2) is 4.84. The van der Waals surface area contributed by atoms with E-state index in [-0.39, 0.29) is 10.9 Å². The molecule has 2 aromatic rings. The van der Waals surface area contributed by atoms with E-state index in [1.54, 1.807) is 0 Å². The fourth-order valence-electron chi connectivity index (χ4n) is 1.87. The molecular formula is C13H13F3N2. The number of nitrogens with one attached hydrogen (secondary N) is 1. The number of halogens is 3. The molecule has 0 radical (unpaired) electrons. The van der Waals surface area contributed by atoms with Crippen LogP contribution in [0, 0.1) is 17.5 Å². The SMILES string of the molecule is CCNc1nc2c(F)cc(F)c(F)c2cc1CC. The molecule has 0 spiro atoms. The molecule has 18 heavy (non-hydrogen) atoms. The van der Waals surface area contributed by atoms with E-state index < -0.39 is 17.5 Å². The number of hydrogen-bond donors (Lipinski definition) is 1. The number of nitrogens with zero attached hydrogens (tertiary/aromatic N) is 1. The zero-order valence-electron chi connectivity index (χ0n) is 10.2. The molecule has 0 amide bonds. The van der Waals surface area contributed by atoms with E-state index in [1.807, 2.05) is 13.8 Å². The van der Waals surface area contributed by atoms with Crippen LogP contribution in [-0.4, -0.2) is 11.5 Å². The predicted octanol–water partition coefficient (Wildman–Crippen LogP) is 3.65. The standard InChI is InChI=1S/C13H13F3N2/c1-3-7-5-8-11(16)9(14)6-10(15)12(8)18-13(7)17-4-2/h5-6H,3-4H2,1-2H3,(H,17,18). The normalized spacial score (nSPS) is 10.9. The van der Waals surface area contributed by atoms with Gasteiger partial charge in [0.25, 0.3) is 0 Å². The molecule has 0 saturated heterocycles. The van der Waals surface area contributed by atoms with Gasteiger partial charge in [0.2, 0.25) is 0 Å². The number of rotatable bonds is 3.